The van der Waals surface area contributed by atoms with Crippen molar-refractivity contribution in [3.63, 3.8) is 0 Å². The van der Waals surface area contributed by atoms with Gasteiger partial charge in [0.1, 0.15) is 6.61 Å². The van der Waals surface area contributed by atoms with Crippen LogP contribution in [0.1, 0.15) is 22.8 Å². The Hall–Kier alpha value is -2.17. The number of para-hydroxylation sites is 1. The molecule has 0 bridgehead atoms. The lowest BCUT2D eigenvalue weighted by Gasteiger charge is -2.07. The lowest BCUT2D eigenvalue weighted by Crippen LogP contribution is -2.00. The molecule has 0 spiro atoms. The molecule has 5 heteroatoms. The number of nitrogens with zero attached hydrogens (tertiary/aromatic N) is 2. The Labute approximate surface area is 104 Å². The van der Waals surface area contributed by atoms with Crippen LogP contribution in [0.2, 0.25) is 0 Å². The van der Waals surface area contributed by atoms with Crippen LogP contribution < -0.4 is 4.74 Å². The average Bonchev–Trinajstić information content (AvgIpc) is 2.85. The van der Waals surface area contributed by atoms with E-state index in [0.717, 1.165) is 12.1 Å². The van der Waals surface area contributed by atoms with E-state index in [0.29, 0.717) is 6.29 Å². The summed E-state index contributed by atoms with van der Waals surface area (Å²) in [4.78, 5) is 10.8. The summed E-state index contributed by atoms with van der Waals surface area (Å²) in [6.45, 7) is 2.92. The minimum Gasteiger partial charge on any atom is -0.485 e. The minimum atomic E-state index is -0.539. The highest BCUT2D eigenvalue weighted by molar-refractivity contribution is 5.79. The number of aldehydes is 1. The number of aromatic nitrogens is 2. The van der Waals surface area contributed by atoms with E-state index in [9.17, 15) is 9.18 Å². The van der Waals surface area contributed by atoms with E-state index in [1.165, 1.54) is 18.2 Å². The Balaban J connectivity index is 2.12. The predicted molar refractivity (Wildman–Crippen MR) is 64.0 cm³/mol. The molecule has 0 fully saturated rings. The fraction of sp³-hybridized carbons (Fsp3) is 0.231. The number of carbonyl (C=O) groups excluding carboxylic acids is 1. The molecule has 0 aliphatic rings. The Bertz CT molecular complexity index is 552. The van der Waals surface area contributed by atoms with Gasteiger partial charge in [0, 0.05) is 18.3 Å². The average molecular weight is 248 g/mol. The zero-order valence-electron chi connectivity index (χ0n) is 9.97. The third kappa shape index (κ3) is 2.56. The van der Waals surface area contributed by atoms with Gasteiger partial charge in [-0.05, 0) is 19.1 Å². The summed E-state index contributed by atoms with van der Waals surface area (Å²) in [7, 11) is 0. The van der Waals surface area contributed by atoms with Crippen LogP contribution in [0, 0.1) is 5.82 Å². The molecule has 0 N–H and O–H groups in total. The van der Waals surface area contributed by atoms with Crippen molar-refractivity contribution in [1.82, 2.24) is 9.78 Å². The van der Waals surface area contributed by atoms with Gasteiger partial charge in [-0.1, -0.05) is 6.07 Å². The van der Waals surface area contributed by atoms with Crippen LogP contribution in [0.25, 0.3) is 0 Å². The molecule has 2 rings (SSSR count). The van der Waals surface area contributed by atoms with Gasteiger partial charge in [0.2, 0.25) is 0 Å². The first kappa shape index (κ1) is 12.3. The van der Waals surface area contributed by atoms with Crippen molar-refractivity contribution in [3.8, 4) is 5.75 Å². The van der Waals surface area contributed by atoms with Crippen LogP contribution >= 0.6 is 0 Å². The molecule has 0 atom stereocenters. The van der Waals surface area contributed by atoms with Crippen LogP contribution in [0.4, 0.5) is 4.39 Å². The van der Waals surface area contributed by atoms with Gasteiger partial charge in [-0.2, -0.15) is 5.10 Å². The third-order valence-corrected chi connectivity index (χ3v) is 2.52. The molecule has 0 aliphatic heterocycles. The summed E-state index contributed by atoms with van der Waals surface area (Å²) in [5.41, 5.74) is 1.04. The molecule has 0 radical (unpaired) electrons. The van der Waals surface area contributed by atoms with Crippen LogP contribution in [-0.2, 0) is 13.2 Å². The molecule has 1 aromatic heterocycles. The Kier molecular flexibility index (Phi) is 3.72. The van der Waals surface area contributed by atoms with E-state index in [-0.39, 0.29) is 17.9 Å². The van der Waals surface area contributed by atoms with Crippen molar-refractivity contribution in [2.24, 2.45) is 0 Å². The van der Waals surface area contributed by atoms with E-state index >= 15 is 0 Å². The van der Waals surface area contributed by atoms with E-state index in [1.807, 2.05) is 13.1 Å². The summed E-state index contributed by atoms with van der Waals surface area (Å²) in [5.74, 6) is -0.556. The fourth-order valence-corrected chi connectivity index (χ4v) is 1.58. The normalized spacial score (nSPS) is 10.3. The minimum absolute atomic E-state index is 0.0169. The number of carbonyl (C=O) groups is 1. The van der Waals surface area contributed by atoms with Gasteiger partial charge < -0.3 is 4.74 Å². The van der Waals surface area contributed by atoms with Crippen LogP contribution in [0.3, 0.4) is 0 Å². The highest BCUT2D eigenvalue weighted by atomic mass is 19.1. The standard InChI is InChI=1S/C13H13FN2O2/c1-2-16-7-10(6-15-16)9-18-13-11(8-17)4-3-5-12(13)14/h3-8H,2,9H2,1H3. The molecule has 18 heavy (non-hydrogen) atoms. The number of hydrogen-bond acceptors (Lipinski definition) is 3. The summed E-state index contributed by atoms with van der Waals surface area (Å²) in [6, 6.07) is 4.25. The van der Waals surface area contributed by atoms with E-state index in [4.69, 9.17) is 4.74 Å². The highest BCUT2D eigenvalue weighted by Crippen LogP contribution is 2.22. The molecule has 2 aromatic rings. The molecule has 0 saturated carbocycles. The molecular weight excluding hydrogens is 235 g/mol. The van der Waals surface area contributed by atoms with Gasteiger partial charge in [-0.25, -0.2) is 4.39 Å². The smallest absolute Gasteiger partial charge is 0.165 e. The van der Waals surface area contributed by atoms with Crippen molar-refractivity contribution in [2.75, 3.05) is 0 Å². The van der Waals surface area contributed by atoms with Crippen LogP contribution in [0.15, 0.2) is 30.6 Å². The Morgan fingerprint density at radius 3 is 3.00 bits per heavy atom. The monoisotopic (exact) mass is 248 g/mol. The Morgan fingerprint density at radius 1 is 1.50 bits per heavy atom. The molecule has 0 unspecified atom stereocenters. The van der Waals surface area contributed by atoms with Crippen LogP contribution in [0.5, 0.6) is 5.75 Å². The van der Waals surface area contributed by atoms with Crippen molar-refractivity contribution in [1.29, 1.82) is 0 Å². The van der Waals surface area contributed by atoms with Crippen molar-refractivity contribution >= 4 is 6.29 Å². The fourth-order valence-electron chi connectivity index (χ4n) is 1.58. The topological polar surface area (TPSA) is 44.1 Å². The van der Waals surface area contributed by atoms with E-state index in [2.05, 4.69) is 5.10 Å². The van der Waals surface area contributed by atoms with Gasteiger partial charge in [0.05, 0.1) is 11.8 Å². The maximum absolute atomic E-state index is 13.5. The van der Waals surface area contributed by atoms with Gasteiger partial charge in [0.15, 0.2) is 17.9 Å². The van der Waals surface area contributed by atoms with Crippen molar-refractivity contribution in [2.45, 2.75) is 20.1 Å². The number of rotatable bonds is 5. The molecule has 4 nitrogen and oxygen atoms in total. The second-order valence-electron chi connectivity index (χ2n) is 3.77. The second-order valence-corrected chi connectivity index (χ2v) is 3.77. The number of ether oxygens (including phenoxy) is 1. The molecule has 0 aliphatic carbocycles. The first-order valence-corrected chi connectivity index (χ1v) is 5.62. The molecule has 0 amide bonds. The zero-order chi connectivity index (χ0) is 13.0. The molecule has 94 valence electrons. The molecule has 0 saturated heterocycles. The first-order chi connectivity index (χ1) is 8.74. The predicted octanol–water partition coefficient (Wildman–Crippen LogP) is 2.43. The summed E-state index contributed by atoms with van der Waals surface area (Å²) in [6.07, 6.45) is 4.06. The largest absolute Gasteiger partial charge is 0.485 e. The summed E-state index contributed by atoms with van der Waals surface area (Å²) >= 11 is 0. The zero-order valence-corrected chi connectivity index (χ0v) is 9.97. The lowest BCUT2D eigenvalue weighted by molar-refractivity contribution is 0.111. The van der Waals surface area contributed by atoms with Gasteiger partial charge in [-0.3, -0.25) is 9.48 Å². The maximum atomic E-state index is 13.5. The van der Waals surface area contributed by atoms with Crippen molar-refractivity contribution in [3.05, 3.63) is 47.5 Å². The summed E-state index contributed by atoms with van der Waals surface area (Å²) in [5, 5.41) is 4.09. The highest BCUT2D eigenvalue weighted by Gasteiger charge is 2.09. The maximum Gasteiger partial charge on any atom is 0.165 e. The van der Waals surface area contributed by atoms with Crippen LogP contribution in [-0.4, -0.2) is 16.1 Å². The Morgan fingerprint density at radius 2 is 2.33 bits per heavy atom. The number of benzene rings is 1. The molecular formula is C13H13FN2O2. The van der Waals surface area contributed by atoms with Gasteiger partial charge >= 0.3 is 0 Å². The van der Waals surface area contributed by atoms with Gasteiger partial charge in [0.25, 0.3) is 0 Å². The SMILES string of the molecule is CCn1cc(COc2c(F)cccc2C=O)cn1. The molecule has 1 aromatic carbocycles. The third-order valence-electron chi connectivity index (χ3n) is 2.52. The number of halogens is 1. The second kappa shape index (κ2) is 5.44. The number of aryl methyl sites for hydroxylation is 1. The first-order valence-electron chi connectivity index (χ1n) is 5.62. The molecule has 1 heterocycles. The summed E-state index contributed by atoms with van der Waals surface area (Å²) < 4.78 is 20.6. The van der Waals surface area contributed by atoms with E-state index in [1.54, 1.807) is 10.9 Å². The lowest BCUT2D eigenvalue weighted by atomic mass is 10.2. The quantitative estimate of drug-likeness (QED) is 0.763. The van der Waals surface area contributed by atoms with Crippen molar-refractivity contribution < 1.29 is 13.9 Å². The van der Waals surface area contributed by atoms with E-state index < -0.39 is 5.82 Å². The van der Waals surface area contributed by atoms with Gasteiger partial charge in [-0.15, -0.1) is 0 Å². The number of hydrogen-bond donors (Lipinski definition) is 0.